The van der Waals surface area contributed by atoms with Gasteiger partial charge in [0.05, 0.1) is 0 Å². The van der Waals surface area contributed by atoms with Crippen LogP contribution in [0.25, 0.3) is 0 Å². The molecule has 2 atom stereocenters. The van der Waals surface area contributed by atoms with Gasteiger partial charge in [0, 0.05) is 19.0 Å². The summed E-state index contributed by atoms with van der Waals surface area (Å²) in [4.78, 5) is 25.6. The summed E-state index contributed by atoms with van der Waals surface area (Å²) < 4.78 is 0. The van der Waals surface area contributed by atoms with Crippen molar-refractivity contribution in [3.8, 4) is 0 Å². The Hall–Kier alpha value is -1.88. The predicted octanol–water partition coefficient (Wildman–Crippen LogP) is 1.32. The molecule has 1 fully saturated rings. The van der Waals surface area contributed by atoms with Crippen molar-refractivity contribution in [3.05, 3.63) is 35.4 Å². The van der Waals surface area contributed by atoms with Crippen molar-refractivity contribution in [2.45, 2.75) is 37.8 Å². The van der Waals surface area contributed by atoms with Crippen LogP contribution in [0, 0.1) is 5.92 Å². The number of aliphatic carboxylic acids is 1. The average Bonchev–Trinajstić information content (AvgIpc) is 3.30. The minimum atomic E-state index is -0.976. The second-order valence-corrected chi connectivity index (χ2v) is 5.98. The van der Waals surface area contributed by atoms with E-state index in [4.69, 9.17) is 5.73 Å². The fraction of sp³-hybridized carbons (Fsp3) is 0.500. The molecular formula is C16H20N2O3. The van der Waals surface area contributed by atoms with Crippen LogP contribution in [0.1, 0.15) is 36.4 Å². The number of carbonyl (C=O) groups excluding carboxylic acids is 1. The number of nitrogens with two attached hydrogens (primary N) is 1. The van der Waals surface area contributed by atoms with Gasteiger partial charge in [-0.1, -0.05) is 24.3 Å². The minimum Gasteiger partial charge on any atom is -0.479 e. The second-order valence-electron chi connectivity index (χ2n) is 5.98. The molecule has 1 aromatic rings. The molecule has 0 saturated heterocycles. The van der Waals surface area contributed by atoms with E-state index in [0.717, 1.165) is 24.0 Å². The molecular weight excluding hydrogens is 268 g/mol. The molecule has 3 rings (SSSR count). The zero-order chi connectivity index (χ0) is 15.0. The van der Waals surface area contributed by atoms with Gasteiger partial charge in [0.15, 0.2) is 6.04 Å². The molecule has 2 aliphatic rings. The molecule has 1 saturated carbocycles. The Labute approximate surface area is 123 Å². The molecule has 1 amide bonds. The average molecular weight is 288 g/mol. The largest absolute Gasteiger partial charge is 0.479 e. The van der Waals surface area contributed by atoms with Crippen molar-refractivity contribution in [3.63, 3.8) is 0 Å². The summed E-state index contributed by atoms with van der Waals surface area (Å²) in [5, 5.41) is 9.53. The molecule has 0 radical (unpaired) electrons. The zero-order valence-corrected chi connectivity index (χ0v) is 11.9. The summed E-state index contributed by atoms with van der Waals surface area (Å²) >= 11 is 0. The summed E-state index contributed by atoms with van der Waals surface area (Å²) in [7, 11) is 0. The maximum absolute atomic E-state index is 12.4. The lowest BCUT2D eigenvalue weighted by Gasteiger charge is -2.35. The second kappa shape index (κ2) is 5.48. The highest BCUT2D eigenvalue weighted by Crippen LogP contribution is 2.35. The molecule has 3 N–H and O–H groups in total. The Morgan fingerprint density at radius 1 is 1.33 bits per heavy atom. The third-order valence-corrected chi connectivity index (χ3v) is 4.48. The molecule has 0 aromatic heterocycles. The van der Waals surface area contributed by atoms with Crippen LogP contribution in [0.5, 0.6) is 0 Å². The molecule has 0 bridgehead atoms. The number of nitrogens with zero attached hydrogens (tertiary/aromatic N) is 1. The van der Waals surface area contributed by atoms with E-state index in [0.29, 0.717) is 18.9 Å². The number of fused-ring (bicyclic) bond motifs is 1. The number of amides is 1. The van der Waals surface area contributed by atoms with E-state index >= 15 is 0 Å². The molecule has 1 heterocycles. The summed E-state index contributed by atoms with van der Waals surface area (Å²) in [5.74, 6) is -0.680. The van der Waals surface area contributed by atoms with Crippen molar-refractivity contribution in [2.75, 3.05) is 6.54 Å². The van der Waals surface area contributed by atoms with E-state index in [9.17, 15) is 14.7 Å². The highest BCUT2D eigenvalue weighted by Gasteiger charge is 2.37. The number of carbonyl (C=O) groups is 2. The lowest BCUT2D eigenvalue weighted by molar-refractivity contribution is -0.151. The van der Waals surface area contributed by atoms with Gasteiger partial charge >= 0.3 is 5.97 Å². The topological polar surface area (TPSA) is 83.6 Å². The van der Waals surface area contributed by atoms with E-state index in [1.165, 1.54) is 4.90 Å². The van der Waals surface area contributed by atoms with Crippen LogP contribution in [-0.4, -0.2) is 34.5 Å². The Kier molecular flexibility index (Phi) is 3.68. The summed E-state index contributed by atoms with van der Waals surface area (Å²) in [6, 6.07) is 6.44. The molecule has 5 heteroatoms. The number of hydrogen-bond donors (Lipinski definition) is 2. The standard InChI is InChI=1S/C16H20N2O3/c17-13(11-5-6-11)9-14(19)18-8-7-10-3-1-2-4-12(10)15(18)16(20)21/h1-4,11,13,15H,5-9,17H2,(H,20,21). The van der Waals surface area contributed by atoms with Crippen molar-refractivity contribution >= 4 is 11.9 Å². The van der Waals surface area contributed by atoms with Crippen LogP contribution < -0.4 is 5.73 Å². The van der Waals surface area contributed by atoms with Gasteiger partial charge in [-0.05, 0) is 36.3 Å². The maximum Gasteiger partial charge on any atom is 0.331 e. The predicted molar refractivity (Wildman–Crippen MR) is 77.6 cm³/mol. The maximum atomic E-state index is 12.4. The molecule has 5 nitrogen and oxygen atoms in total. The molecule has 0 spiro atoms. The first kappa shape index (κ1) is 14.1. The van der Waals surface area contributed by atoms with Crippen molar-refractivity contribution in [2.24, 2.45) is 11.7 Å². The van der Waals surface area contributed by atoms with Crippen LogP contribution in [0.2, 0.25) is 0 Å². The minimum absolute atomic E-state index is 0.135. The van der Waals surface area contributed by atoms with Crippen LogP contribution in [0.4, 0.5) is 0 Å². The van der Waals surface area contributed by atoms with Gasteiger partial charge in [0.2, 0.25) is 5.91 Å². The van der Waals surface area contributed by atoms with Crippen LogP contribution >= 0.6 is 0 Å². The molecule has 1 aliphatic heterocycles. The number of benzene rings is 1. The Morgan fingerprint density at radius 2 is 2.05 bits per heavy atom. The summed E-state index contributed by atoms with van der Waals surface area (Å²) in [5.41, 5.74) is 7.75. The van der Waals surface area contributed by atoms with E-state index in [1.54, 1.807) is 6.07 Å². The molecule has 112 valence electrons. The van der Waals surface area contributed by atoms with E-state index in [-0.39, 0.29) is 18.4 Å². The number of rotatable bonds is 4. The Morgan fingerprint density at radius 3 is 2.71 bits per heavy atom. The molecule has 2 unspecified atom stereocenters. The highest BCUT2D eigenvalue weighted by atomic mass is 16.4. The first-order chi connectivity index (χ1) is 10.1. The number of carboxylic acids is 1. The van der Waals surface area contributed by atoms with E-state index in [2.05, 4.69) is 0 Å². The fourth-order valence-electron chi connectivity index (χ4n) is 3.11. The highest BCUT2D eigenvalue weighted by molar-refractivity contribution is 5.86. The number of carboxylic acid groups (broad SMARTS) is 1. The van der Waals surface area contributed by atoms with E-state index in [1.807, 2.05) is 18.2 Å². The normalized spacial score (nSPS) is 22.5. The molecule has 1 aromatic carbocycles. The van der Waals surface area contributed by atoms with Crippen molar-refractivity contribution < 1.29 is 14.7 Å². The van der Waals surface area contributed by atoms with Gasteiger partial charge in [-0.15, -0.1) is 0 Å². The lowest BCUT2D eigenvalue weighted by atomic mass is 9.92. The Bertz CT molecular complexity index is 568. The quantitative estimate of drug-likeness (QED) is 0.875. The SMILES string of the molecule is NC(CC(=O)N1CCc2ccccc2C1C(=O)O)C1CC1. The van der Waals surface area contributed by atoms with Gasteiger partial charge in [0.1, 0.15) is 0 Å². The van der Waals surface area contributed by atoms with E-state index < -0.39 is 12.0 Å². The van der Waals surface area contributed by atoms with Crippen molar-refractivity contribution in [1.82, 2.24) is 4.90 Å². The van der Waals surface area contributed by atoms with Gasteiger partial charge in [-0.2, -0.15) is 0 Å². The van der Waals surface area contributed by atoms with Crippen LogP contribution in [0.3, 0.4) is 0 Å². The zero-order valence-electron chi connectivity index (χ0n) is 11.9. The molecule has 21 heavy (non-hydrogen) atoms. The smallest absolute Gasteiger partial charge is 0.331 e. The van der Waals surface area contributed by atoms with Gasteiger partial charge in [0.25, 0.3) is 0 Å². The van der Waals surface area contributed by atoms with Crippen LogP contribution in [0.15, 0.2) is 24.3 Å². The lowest BCUT2D eigenvalue weighted by Crippen LogP contribution is -2.45. The summed E-state index contributed by atoms with van der Waals surface area (Å²) in [6.45, 7) is 0.449. The monoisotopic (exact) mass is 288 g/mol. The summed E-state index contributed by atoms with van der Waals surface area (Å²) in [6.07, 6.45) is 3.11. The molecule has 1 aliphatic carbocycles. The van der Waals surface area contributed by atoms with Gasteiger partial charge in [-0.25, -0.2) is 4.79 Å². The fourth-order valence-corrected chi connectivity index (χ4v) is 3.11. The number of hydrogen-bond acceptors (Lipinski definition) is 3. The first-order valence-corrected chi connectivity index (χ1v) is 7.43. The Balaban J connectivity index is 1.81. The third kappa shape index (κ3) is 2.78. The van der Waals surface area contributed by atoms with Gasteiger partial charge < -0.3 is 15.7 Å². The third-order valence-electron chi connectivity index (χ3n) is 4.48. The van der Waals surface area contributed by atoms with Crippen molar-refractivity contribution in [1.29, 1.82) is 0 Å². The van der Waals surface area contributed by atoms with Crippen LogP contribution in [-0.2, 0) is 16.0 Å². The first-order valence-electron chi connectivity index (χ1n) is 7.43. The van der Waals surface area contributed by atoms with Gasteiger partial charge in [-0.3, -0.25) is 4.79 Å².